The molecule has 0 aromatic heterocycles. The Hall–Kier alpha value is -2.28. The van der Waals surface area contributed by atoms with E-state index >= 15 is 0 Å². The van der Waals surface area contributed by atoms with Crippen molar-refractivity contribution >= 4 is 10.8 Å². The third kappa shape index (κ3) is 1.63. The minimum Gasteiger partial charge on any atom is -0.508 e. The number of hydrogen-bond donors (Lipinski definition) is 1. The molecule has 0 spiro atoms. The van der Waals surface area contributed by atoms with Gasteiger partial charge in [0.05, 0.1) is 0 Å². The van der Waals surface area contributed by atoms with E-state index < -0.39 is 0 Å². The third-order valence-electron chi connectivity index (χ3n) is 4.46. The number of phenols is 1. The smallest absolute Gasteiger partial charge is 0.120 e. The summed E-state index contributed by atoms with van der Waals surface area (Å²) >= 11 is 0. The van der Waals surface area contributed by atoms with Crippen LogP contribution >= 0.6 is 0 Å². The van der Waals surface area contributed by atoms with Crippen LogP contribution in [-0.2, 0) is 5.41 Å². The van der Waals surface area contributed by atoms with E-state index in [0.29, 0.717) is 5.75 Å². The molecule has 3 aromatic carbocycles. The summed E-state index contributed by atoms with van der Waals surface area (Å²) in [5.41, 5.74) is 2.41. The average molecular weight is 260 g/mol. The van der Waals surface area contributed by atoms with Crippen LogP contribution in [-0.4, -0.2) is 5.11 Å². The molecule has 98 valence electrons. The largest absolute Gasteiger partial charge is 0.508 e. The van der Waals surface area contributed by atoms with E-state index in [1.54, 1.807) is 0 Å². The van der Waals surface area contributed by atoms with Gasteiger partial charge in [0.1, 0.15) is 5.75 Å². The van der Waals surface area contributed by atoms with Crippen LogP contribution in [0.5, 0.6) is 5.75 Å². The average Bonchev–Trinajstić information content (AvgIpc) is 3.29. The zero-order valence-corrected chi connectivity index (χ0v) is 11.2. The van der Waals surface area contributed by atoms with Gasteiger partial charge in [-0.3, -0.25) is 0 Å². The monoisotopic (exact) mass is 260 g/mol. The van der Waals surface area contributed by atoms with Crippen molar-refractivity contribution < 1.29 is 5.11 Å². The van der Waals surface area contributed by atoms with Crippen molar-refractivity contribution in [3.63, 3.8) is 0 Å². The Balaban J connectivity index is 1.92. The van der Waals surface area contributed by atoms with E-state index in [1.807, 2.05) is 30.3 Å². The van der Waals surface area contributed by atoms with E-state index in [0.717, 1.165) is 23.8 Å². The predicted molar refractivity (Wildman–Crippen MR) is 82.1 cm³/mol. The third-order valence-corrected chi connectivity index (χ3v) is 4.46. The molecule has 1 heteroatoms. The van der Waals surface area contributed by atoms with Gasteiger partial charge in [0, 0.05) is 11.0 Å². The molecule has 20 heavy (non-hydrogen) atoms. The van der Waals surface area contributed by atoms with E-state index in [-0.39, 0.29) is 5.41 Å². The van der Waals surface area contributed by atoms with Gasteiger partial charge >= 0.3 is 0 Å². The Morgan fingerprint density at radius 3 is 2.00 bits per heavy atom. The van der Waals surface area contributed by atoms with Crippen LogP contribution < -0.4 is 0 Å². The summed E-state index contributed by atoms with van der Waals surface area (Å²) in [5.74, 6) is 0.421. The van der Waals surface area contributed by atoms with Crippen molar-refractivity contribution in [2.24, 2.45) is 0 Å². The van der Waals surface area contributed by atoms with Crippen molar-refractivity contribution in [2.75, 3.05) is 0 Å². The van der Waals surface area contributed by atoms with Gasteiger partial charge in [0.15, 0.2) is 0 Å². The van der Waals surface area contributed by atoms with Gasteiger partial charge in [-0.25, -0.2) is 0 Å². The van der Waals surface area contributed by atoms with Gasteiger partial charge in [-0.15, -0.1) is 0 Å². The predicted octanol–water partition coefficient (Wildman–Crippen LogP) is 4.63. The van der Waals surface area contributed by atoms with E-state index in [9.17, 15) is 5.11 Å². The second-order valence-electron chi connectivity index (χ2n) is 5.66. The summed E-state index contributed by atoms with van der Waals surface area (Å²) in [6.07, 6.45) is 2.23. The van der Waals surface area contributed by atoms with Gasteiger partial charge in [-0.2, -0.15) is 0 Å². The van der Waals surface area contributed by atoms with E-state index in [2.05, 4.69) is 36.4 Å². The molecule has 0 unspecified atom stereocenters. The second kappa shape index (κ2) is 4.11. The zero-order valence-electron chi connectivity index (χ0n) is 11.2. The first kappa shape index (κ1) is 11.5. The van der Waals surface area contributed by atoms with Gasteiger partial charge in [0.2, 0.25) is 0 Å². The van der Waals surface area contributed by atoms with Crippen molar-refractivity contribution in [1.82, 2.24) is 0 Å². The van der Waals surface area contributed by atoms with Crippen molar-refractivity contribution in [1.29, 1.82) is 0 Å². The molecular weight excluding hydrogens is 244 g/mol. The molecule has 4 rings (SSSR count). The first-order valence-electron chi connectivity index (χ1n) is 7.07. The first-order valence-corrected chi connectivity index (χ1v) is 7.07. The SMILES string of the molecule is Oc1cc2ccccc2cc1C1(c2ccccc2)CC1. The fourth-order valence-electron chi connectivity index (χ4n) is 3.21. The molecule has 0 radical (unpaired) electrons. The highest BCUT2D eigenvalue weighted by Crippen LogP contribution is 2.56. The molecule has 0 aliphatic heterocycles. The highest BCUT2D eigenvalue weighted by atomic mass is 16.3. The molecule has 1 aliphatic carbocycles. The zero-order chi connectivity index (χ0) is 13.6. The molecule has 0 amide bonds. The van der Waals surface area contributed by atoms with Crippen molar-refractivity contribution in [2.45, 2.75) is 18.3 Å². The Morgan fingerprint density at radius 1 is 0.750 bits per heavy atom. The molecule has 0 heterocycles. The highest BCUT2D eigenvalue weighted by molar-refractivity contribution is 5.85. The first-order chi connectivity index (χ1) is 9.79. The Morgan fingerprint density at radius 2 is 1.35 bits per heavy atom. The molecule has 1 aliphatic rings. The summed E-state index contributed by atoms with van der Waals surface area (Å²) in [4.78, 5) is 0. The number of rotatable bonds is 2. The molecule has 1 fully saturated rings. The van der Waals surface area contributed by atoms with Crippen LogP contribution in [0.1, 0.15) is 24.0 Å². The Labute approximate surface area is 118 Å². The standard InChI is InChI=1S/C19H16O/c20-18-13-15-7-5-4-6-14(15)12-17(18)19(10-11-19)16-8-2-1-3-9-16/h1-9,12-13,20H,10-11H2. The van der Waals surface area contributed by atoms with Crippen LogP contribution in [0.2, 0.25) is 0 Å². The molecule has 1 nitrogen and oxygen atoms in total. The van der Waals surface area contributed by atoms with Crippen LogP contribution in [0.25, 0.3) is 10.8 Å². The lowest BCUT2D eigenvalue weighted by atomic mass is 9.86. The summed E-state index contributed by atoms with van der Waals surface area (Å²) in [7, 11) is 0. The normalized spacial score (nSPS) is 16.2. The van der Waals surface area contributed by atoms with Crippen molar-refractivity contribution in [3.05, 3.63) is 77.9 Å². The lowest BCUT2D eigenvalue weighted by Gasteiger charge is -2.18. The molecule has 3 aromatic rings. The molecule has 0 saturated heterocycles. The lowest BCUT2D eigenvalue weighted by Crippen LogP contribution is -2.08. The van der Waals surface area contributed by atoms with Gasteiger partial charge in [-0.05, 0) is 41.3 Å². The van der Waals surface area contributed by atoms with Crippen LogP contribution in [0, 0.1) is 0 Å². The maximum Gasteiger partial charge on any atom is 0.120 e. The maximum absolute atomic E-state index is 10.4. The summed E-state index contributed by atoms with van der Waals surface area (Å²) in [5, 5.41) is 12.7. The van der Waals surface area contributed by atoms with Crippen LogP contribution in [0.15, 0.2) is 66.7 Å². The topological polar surface area (TPSA) is 20.2 Å². The number of phenolic OH excluding ortho intramolecular Hbond substituents is 1. The number of aromatic hydroxyl groups is 1. The Kier molecular flexibility index (Phi) is 2.37. The maximum atomic E-state index is 10.4. The fraction of sp³-hybridized carbons (Fsp3) is 0.158. The van der Waals surface area contributed by atoms with E-state index in [1.165, 1.54) is 10.9 Å². The summed E-state index contributed by atoms with van der Waals surface area (Å²) in [6, 6.07) is 22.8. The molecule has 0 atom stereocenters. The number of fused-ring (bicyclic) bond motifs is 1. The van der Waals surface area contributed by atoms with Crippen molar-refractivity contribution in [3.8, 4) is 5.75 Å². The molecule has 0 bridgehead atoms. The minimum absolute atomic E-state index is 0.0232. The Bertz CT molecular complexity index is 770. The summed E-state index contributed by atoms with van der Waals surface area (Å²) in [6.45, 7) is 0. The fourth-order valence-corrected chi connectivity index (χ4v) is 3.21. The van der Waals surface area contributed by atoms with E-state index in [4.69, 9.17) is 0 Å². The highest BCUT2D eigenvalue weighted by Gasteiger charge is 2.47. The van der Waals surface area contributed by atoms with Gasteiger partial charge < -0.3 is 5.11 Å². The summed E-state index contributed by atoms with van der Waals surface area (Å²) < 4.78 is 0. The van der Waals surface area contributed by atoms with Crippen LogP contribution in [0.3, 0.4) is 0 Å². The minimum atomic E-state index is 0.0232. The van der Waals surface area contributed by atoms with Gasteiger partial charge in [0.25, 0.3) is 0 Å². The molecular formula is C19H16O. The molecule has 1 saturated carbocycles. The van der Waals surface area contributed by atoms with Gasteiger partial charge in [-0.1, -0.05) is 54.6 Å². The number of benzene rings is 3. The molecule has 1 N–H and O–H groups in total. The lowest BCUT2D eigenvalue weighted by molar-refractivity contribution is 0.464. The quantitative estimate of drug-likeness (QED) is 0.712. The van der Waals surface area contributed by atoms with Crippen LogP contribution in [0.4, 0.5) is 0 Å². The second-order valence-corrected chi connectivity index (χ2v) is 5.66. The number of hydrogen-bond acceptors (Lipinski definition) is 1.